The van der Waals surface area contributed by atoms with Crippen molar-refractivity contribution in [2.45, 2.75) is 56.3 Å². The molecule has 6 aromatic rings. The number of fused-ring (bicyclic) bond motifs is 5. The number of quaternary nitrogens is 1. The van der Waals surface area contributed by atoms with Gasteiger partial charge in [0.25, 0.3) is 0 Å². The molecule has 3 aromatic carbocycles. The molecular formula is C43H47N5O4S. The second kappa shape index (κ2) is 15.6. The molecule has 10 heteroatoms. The molecule has 274 valence electrons. The average molecular weight is 730 g/mol. The summed E-state index contributed by atoms with van der Waals surface area (Å²) in [5.74, 6) is 2.90. The Kier molecular flexibility index (Phi) is 10.7. The van der Waals surface area contributed by atoms with E-state index < -0.39 is 16.9 Å². The Hall–Kier alpha value is -4.90. The van der Waals surface area contributed by atoms with Crippen LogP contribution in [0.4, 0.5) is 0 Å². The summed E-state index contributed by atoms with van der Waals surface area (Å²) in [7, 11) is 1.83. The predicted octanol–water partition coefficient (Wildman–Crippen LogP) is 7.41. The Morgan fingerprint density at radius 3 is 2.58 bits per heavy atom. The number of benzene rings is 3. The predicted molar refractivity (Wildman–Crippen MR) is 209 cm³/mol. The first-order valence-corrected chi connectivity index (χ1v) is 19.5. The quantitative estimate of drug-likeness (QED) is 0.115. The highest BCUT2D eigenvalue weighted by atomic mass is 32.2. The summed E-state index contributed by atoms with van der Waals surface area (Å²) in [5.41, 5.74) is 7.27. The minimum atomic E-state index is -1.38. The Labute approximate surface area is 313 Å². The maximum absolute atomic E-state index is 12.6. The zero-order valence-corrected chi connectivity index (χ0v) is 31.6. The van der Waals surface area contributed by atoms with Crippen LogP contribution in [0.15, 0.2) is 109 Å². The van der Waals surface area contributed by atoms with Crippen molar-refractivity contribution in [3.63, 3.8) is 0 Å². The fourth-order valence-electron chi connectivity index (χ4n) is 8.46. The van der Waals surface area contributed by atoms with Crippen molar-refractivity contribution >= 4 is 32.7 Å². The number of ether oxygens (including phenoxy) is 2. The van der Waals surface area contributed by atoms with E-state index in [4.69, 9.17) is 9.47 Å². The second-order valence-corrected chi connectivity index (χ2v) is 15.6. The number of pyridine rings is 2. The number of aryl methyl sites for hydroxylation is 1. The largest absolute Gasteiger partial charge is 0.497 e. The van der Waals surface area contributed by atoms with Gasteiger partial charge in [0.05, 0.1) is 55.1 Å². The minimum Gasteiger partial charge on any atom is -0.497 e. The first-order valence-electron chi connectivity index (χ1n) is 18.1. The third kappa shape index (κ3) is 7.36. The molecule has 3 fully saturated rings. The molecule has 3 aliphatic rings. The molecule has 2 bridgehead atoms. The van der Waals surface area contributed by atoms with Gasteiger partial charge in [-0.1, -0.05) is 60.7 Å². The molecule has 53 heavy (non-hydrogen) atoms. The number of hydrogen-bond donors (Lipinski definition) is 1. The molecule has 3 aliphatic heterocycles. The van der Waals surface area contributed by atoms with Crippen LogP contribution in [0.2, 0.25) is 0 Å². The van der Waals surface area contributed by atoms with Gasteiger partial charge in [-0.2, -0.15) is 0 Å². The van der Waals surface area contributed by atoms with Crippen LogP contribution in [0.1, 0.15) is 46.9 Å². The standard InChI is InChI=1S/C26H29N2O.C17H18N3O3S/c1-2-20-18-28(17-19-8-4-3-5-9-19)15-13-21(20)16-25(28)26(29)23-12-14-27-24-11-7-6-10-22(23)24;1-10-8-18-15(11(2)16(10)23-4)9-24(21)17-19-13-6-5-12(22-3)7-14(13)20-17/h2-12,14,20-21,25-26,29H,1,13,15-18H2;5-8H,9H2,1-4H3/q+1;-1/t20?,21?,25-,26-,28?;/m1./s1. The number of methoxy groups -OCH3 is 2. The van der Waals surface area contributed by atoms with Crippen molar-refractivity contribution in [3.05, 3.63) is 132 Å². The van der Waals surface area contributed by atoms with Crippen molar-refractivity contribution in [2.75, 3.05) is 27.3 Å². The number of para-hydroxylation sites is 1. The molecule has 0 amide bonds. The highest BCUT2D eigenvalue weighted by Gasteiger charge is 2.54. The van der Waals surface area contributed by atoms with Gasteiger partial charge in [-0.25, -0.2) is 0 Å². The number of aromatic nitrogens is 4. The summed E-state index contributed by atoms with van der Waals surface area (Å²) in [6.45, 7) is 11.2. The van der Waals surface area contributed by atoms with Crippen molar-refractivity contribution in [3.8, 4) is 11.5 Å². The van der Waals surface area contributed by atoms with Gasteiger partial charge in [-0.3, -0.25) is 14.2 Å². The molecule has 0 spiro atoms. The smallest absolute Gasteiger partial charge is 0.131 e. The van der Waals surface area contributed by atoms with E-state index in [1.807, 2.05) is 44.3 Å². The van der Waals surface area contributed by atoms with Crippen LogP contribution in [0, 0.1) is 25.7 Å². The molecule has 6 atom stereocenters. The van der Waals surface area contributed by atoms with Gasteiger partial charge < -0.3 is 29.0 Å². The third-order valence-corrected chi connectivity index (χ3v) is 12.3. The average Bonchev–Trinajstić information content (AvgIpc) is 3.63. The lowest BCUT2D eigenvalue weighted by Crippen LogP contribution is -2.67. The maximum atomic E-state index is 12.6. The van der Waals surface area contributed by atoms with E-state index in [9.17, 15) is 9.32 Å². The molecule has 1 N–H and O–H groups in total. The zero-order chi connectivity index (χ0) is 37.1. The number of piperidine rings is 3. The number of imidazole rings is 1. The second-order valence-electron chi connectivity index (χ2n) is 14.3. The van der Waals surface area contributed by atoms with Crippen LogP contribution in [0.5, 0.6) is 11.5 Å². The molecule has 4 unspecified atom stereocenters. The summed E-state index contributed by atoms with van der Waals surface area (Å²) >= 11 is 0. The van der Waals surface area contributed by atoms with E-state index in [0.717, 1.165) is 69.6 Å². The zero-order valence-electron chi connectivity index (χ0n) is 30.8. The van der Waals surface area contributed by atoms with E-state index in [-0.39, 0.29) is 11.8 Å². The minimum absolute atomic E-state index is 0.205. The number of nitrogens with zero attached hydrogens (tertiary/aromatic N) is 5. The molecule has 3 saturated heterocycles. The lowest BCUT2D eigenvalue weighted by Gasteiger charge is -2.58. The van der Waals surface area contributed by atoms with Gasteiger partial charge in [0.1, 0.15) is 30.2 Å². The Balaban J connectivity index is 0.000000168. The molecule has 9 rings (SSSR count). The topological polar surface area (TPSA) is 109 Å². The molecule has 9 nitrogen and oxygen atoms in total. The molecular weight excluding hydrogens is 683 g/mol. The summed E-state index contributed by atoms with van der Waals surface area (Å²) < 4.78 is 24.2. The van der Waals surface area contributed by atoms with Crippen LogP contribution in [-0.2, 0) is 23.1 Å². The van der Waals surface area contributed by atoms with Gasteiger partial charge in [-0.05, 0) is 60.6 Å². The normalized spacial score (nSPS) is 21.8. The number of aliphatic hydroxyl groups excluding tert-OH is 1. The van der Waals surface area contributed by atoms with Crippen molar-refractivity contribution in [1.82, 2.24) is 19.9 Å². The first kappa shape index (κ1) is 36.5. The Morgan fingerprint density at radius 2 is 1.81 bits per heavy atom. The summed E-state index contributed by atoms with van der Waals surface area (Å²) in [6, 6.07) is 26.5. The van der Waals surface area contributed by atoms with Gasteiger partial charge in [0, 0.05) is 58.4 Å². The van der Waals surface area contributed by atoms with Crippen molar-refractivity contribution < 1.29 is 23.3 Å². The Morgan fingerprint density at radius 1 is 1.02 bits per heavy atom. The highest BCUT2D eigenvalue weighted by molar-refractivity contribution is 7.84. The maximum Gasteiger partial charge on any atom is 0.131 e. The van der Waals surface area contributed by atoms with E-state index >= 15 is 0 Å². The molecule has 6 heterocycles. The third-order valence-electron chi connectivity index (χ3n) is 11.2. The number of rotatable bonds is 10. The van der Waals surface area contributed by atoms with Gasteiger partial charge >= 0.3 is 0 Å². The number of hydrogen-bond acceptors (Lipinski definition) is 7. The summed E-state index contributed by atoms with van der Waals surface area (Å²) in [6.07, 6.45) is 7.52. The molecule has 0 saturated carbocycles. The SMILES string of the molecule is C=CC1C[N+]2(Cc3ccccc3)CCC1C[C@@H]2[C@H](O)c1ccnc2ccccc12.COc1ccc2[n-]c(S(=O)Cc3ncc(C)c(OC)c3C)nc2c1. The fraction of sp³-hybridized carbons (Fsp3) is 0.326. The van der Waals surface area contributed by atoms with E-state index in [0.29, 0.717) is 33.8 Å². The first-order chi connectivity index (χ1) is 25.7. The Bertz CT molecular complexity index is 2250. The molecule has 3 aromatic heterocycles. The molecule has 0 aliphatic carbocycles. The van der Waals surface area contributed by atoms with E-state index in [1.165, 1.54) is 12.0 Å². The van der Waals surface area contributed by atoms with Crippen LogP contribution in [0.3, 0.4) is 0 Å². The summed E-state index contributed by atoms with van der Waals surface area (Å²) in [5, 5.41) is 13.1. The lowest BCUT2D eigenvalue weighted by molar-refractivity contribution is -0.984. The van der Waals surface area contributed by atoms with Crippen LogP contribution in [0.25, 0.3) is 21.9 Å². The van der Waals surface area contributed by atoms with Crippen molar-refractivity contribution in [2.24, 2.45) is 11.8 Å². The van der Waals surface area contributed by atoms with Crippen molar-refractivity contribution in [1.29, 1.82) is 0 Å². The number of aliphatic hydroxyl groups is 1. The van der Waals surface area contributed by atoms with Gasteiger partial charge in [-0.15, -0.1) is 6.58 Å². The van der Waals surface area contributed by atoms with E-state index in [2.05, 4.69) is 69.0 Å². The molecule has 0 radical (unpaired) electrons. The monoisotopic (exact) mass is 729 g/mol. The van der Waals surface area contributed by atoms with Crippen LogP contribution in [-0.4, -0.2) is 62.1 Å². The van der Waals surface area contributed by atoms with Gasteiger partial charge in [0.15, 0.2) is 0 Å². The fourth-order valence-corrected chi connectivity index (χ4v) is 9.53. The van der Waals surface area contributed by atoms with Crippen LogP contribution >= 0.6 is 0 Å². The lowest BCUT2D eigenvalue weighted by atomic mass is 9.71. The summed E-state index contributed by atoms with van der Waals surface area (Å²) in [4.78, 5) is 17.6. The van der Waals surface area contributed by atoms with E-state index in [1.54, 1.807) is 38.6 Å². The van der Waals surface area contributed by atoms with Crippen LogP contribution < -0.4 is 14.5 Å². The highest BCUT2D eigenvalue weighted by Crippen LogP contribution is 2.48. The van der Waals surface area contributed by atoms with Gasteiger partial charge in [0.2, 0.25) is 0 Å².